The summed E-state index contributed by atoms with van der Waals surface area (Å²) in [5, 5.41) is 3.87. The van der Waals surface area contributed by atoms with Gasteiger partial charge in [-0.25, -0.2) is 9.59 Å². The number of nitrogens with zero attached hydrogens (tertiary/aromatic N) is 1. The molecule has 1 heterocycles. The zero-order valence-electron chi connectivity index (χ0n) is 20.4. The molecule has 37 heavy (non-hydrogen) atoms. The third-order valence-electron chi connectivity index (χ3n) is 6.46. The van der Waals surface area contributed by atoms with E-state index in [4.69, 9.17) is 33.7 Å². The Bertz CT molecular complexity index is 1380. The molecule has 1 aliphatic rings. The van der Waals surface area contributed by atoms with Gasteiger partial charge in [0, 0.05) is 33.1 Å². The summed E-state index contributed by atoms with van der Waals surface area (Å²) in [4.78, 5) is 43.3. The number of ether oxygens (including phenoxy) is 1. The van der Waals surface area contributed by atoms with Crippen LogP contribution in [0.25, 0.3) is 16.5 Å². The van der Waals surface area contributed by atoms with Gasteiger partial charge in [0.1, 0.15) is 5.69 Å². The lowest BCUT2D eigenvalue weighted by Gasteiger charge is -2.34. The number of para-hydroxylation sites is 2. The van der Waals surface area contributed by atoms with E-state index in [2.05, 4.69) is 16.9 Å². The Balaban J connectivity index is 1.72. The summed E-state index contributed by atoms with van der Waals surface area (Å²) in [6, 6.07) is 9.44. The van der Waals surface area contributed by atoms with Gasteiger partial charge in [0.25, 0.3) is 5.91 Å². The molecule has 0 saturated heterocycles. The number of anilines is 2. The van der Waals surface area contributed by atoms with Crippen LogP contribution in [0.2, 0.25) is 10.0 Å². The summed E-state index contributed by atoms with van der Waals surface area (Å²) in [6.45, 7) is 5.79. The van der Waals surface area contributed by atoms with E-state index in [1.165, 1.54) is 6.07 Å². The number of nitrogens with one attached hydrogen (secondary N) is 2. The predicted octanol–water partition coefficient (Wildman–Crippen LogP) is 6.52. The number of primary amides is 1. The Morgan fingerprint density at radius 1 is 1.16 bits per heavy atom. The SMILES string of the molecule is C=C(C(=O)Nc1ccccc1N(C(N)=O)C1CCCCC1)c1c(C(=O)OCC)[nH]c2cc(Cl)cc(Cl)c12. The van der Waals surface area contributed by atoms with E-state index in [1.807, 2.05) is 0 Å². The molecule has 2 aromatic carbocycles. The maximum absolute atomic E-state index is 13.5. The average Bonchev–Trinajstić information content (AvgIpc) is 3.25. The summed E-state index contributed by atoms with van der Waals surface area (Å²) >= 11 is 12.6. The zero-order valence-corrected chi connectivity index (χ0v) is 21.9. The number of aromatic nitrogens is 1. The summed E-state index contributed by atoms with van der Waals surface area (Å²) in [5.74, 6) is -1.24. The van der Waals surface area contributed by atoms with Crippen molar-refractivity contribution in [2.45, 2.75) is 45.1 Å². The van der Waals surface area contributed by atoms with Gasteiger partial charge in [0.15, 0.2) is 0 Å². The molecule has 1 aliphatic carbocycles. The van der Waals surface area contributed by atoms with E-state index in [9.17, 15) is 14.4 Å². The lowest BCUT2D eigenvalue weighted by Crippen LogP contribution is -2.45. The zero-order chi connectivity index (χ0) is 26.7. The largest absolute Gasteiger partial charge is 0.461 e. The van der Waals surface area contributed by atoms with Crippen LogP contribution in [0, 0.1) is 0 Å². The summed E-state index contributed by atoms with van der Waals surface area (Å²) in [6.07, 6.45) is 4.78. The van der Waals surface area contributed by atoms with Crippen molar-refractivity contribution >= 4 is 69.0 Å². The van der Waals surface area contributed by atoms with E-state index in [-0.39, 0.29) is 34.5 Å². The molecule has 4 N–H and O–H groups in total. The van der Waals surface area contributed by atoms with Crippen molar-refractivity contribution in [2.75, 3.05) is 16.8 Å². The number of nitrogens with two attached hydrogens (primary N) is 1. The molecule has 0 bridgehead atoms. The van der Waals surface area contributed by atoms with Crippen LogP contribution < -0.4 is 16.0 Å². The Kier molecular flexibility index (Phi) is 8.10. The number of fused-ring (bicyclic) bond motifs is 1. The van der Waals surface area contributed by atoms with Crippen molar-refractivity contribution in [3.05, 3.63) is 64.3 Å². The molecule has 0 aliphatic heterocycles. The maximum atomic E-state index is 13.5. The highest BCUT2D eigenvalue weighted by molar-refractivity contribution is 6.41. The van der Waals surface area contributed by atoms with E-state index in [0.717, 1.165) is 32.1 Å². The lowest BCUT2D eigenvalue weighted by atomic mass is 9.94. The monoisotopic (exact) mass is 542 g/mol. The highest BCUT2D eigenvalue weighted by atomic mass is 35.5. The van der Waals surface area contributed by atoms with Gasteiger partial charge in [-0.2, -0.15) is 0 Å². The molecule has 3 aromatic rings. The molecule has 194 valence electrons. The normalized spacial score (nSPS) is 13.8. The van der Waals surface area contributed by atoms with Crippen molar-refractivity contribution in [3.63, 3.8) is 0 Å². The minimum atomic E-state index is -0.660. The highest BCUT2D eigenvalue weighted by Crippen LogP contribution is 2.38. The van der Waals surface area contributed by atoms with Crippen LogP contribution in [0.3, 0.4) is 0 Å². The second-order valence-electron chi connectivity index (χ2n) is 8.86. The molecule has 3 amide bonds. The Hall–Kier alpha value is -3.49. The quantitative estimate of drug-likeness (QED) is 0.232. The number of hydrogen-bond donors (Lipinski definition) is 3. The second-order valence-corrected chi connectivity index (χ2v) is 9.70. The number of carbonyl (C=O) groups excluding carboxylic acids is 3. The number of halogens is 2. The van der Waals surface area contributed by atoms with E-state index >= 15 is 0 Å². The molecule has 1 aromatic heterocycles. The van der Waals surface area contributed by atoms with Gasteiger partial charge in [0.2, 0.25) is 0 Å². The van der Waals surface area contributed by atoms with Gasteiger partial charge in [-0.15, -0.1) is 0 Å². The number of H-pyrrole nitrogens is 1. The minimum Gasteiger partial charge on any atom is -0.461 e. The maximum Gasteiger partial charge on any atom is 0.355 e. The van der Waals surface area contributed by atoms with Crippen molar-refractivity contribution in [2.24, 2.45) is 5.73 Å². The molecule has 1 saturated carbocycles. The van der Waals surface area contributed by atoms with E-state index < -0.39 is 17.9 Å². The molecule has 0 atom stereocenters. The van der Waals surface area contributed by atoms with Crippen LogP contribution in [0.4, 0.5) is 16.2 Å². The molecule has 0 radical (unpaired) electrons. The number of rotatable bonds is 7. The van der Waals surface area contributed by atoms with Crippen LogP contribution in [0.1, 0.15) is 55.1 Å². The van der Waals surface area contributed by atoms with Crippen LogP contribution in [0.15, 0.2) is 43.0 Å². The van der Waals surface area contributed by atoms with Crippen molar-refractivity contribution < 1.29 is 19.1 Å². The van der Waals surface area contributed by atoms with Gasteiger partial charge in [0.05, 0.1) is 23.0 Å². The number of amides is 3. The van der Waals surface area contributed by atoms with E-state index in [1.54, 1.807) is 42.2 Å². The molecule has 8 nitrogen and oxygen atoms in total. The first-order valence-corrected chi connectivity index (χ1v) is 12.8. The van der Waals surface area contributed by atoms with Gasteiger partial charge < -0.3 is 20.8 Å². The topological polar surface area (TPSA) is 118 Å². The molecule has 4 rings (SSSR count). The summed E-state index contributed by atoms with van der Waals surface area (Å²) in [7, 11) is 0. The van der Waals surface area contributed by atoms with Crippen LogP contribution in [-0.2, 0) is 9.53 Å². The molecule has 0 unspecified atom stereocenters. The van der Waals surface area contributed by atoms with Gasteiger partial charge in [-0.1, -0.05) is 61.2 Å². The van der Waals surface area contributed by atoms with Crippen LogP contribution >= 0.6 is 23.2 Å². The fraction of sp³-hybridized carbons (Fsp3) is 0.296. The predicted molar refractivity (Wildman–Crippen MR) is 147 cm³/mol. The fourth-order valence-electron chi connectivity index (χ4n) is 4.84. The fourth-order valence-corrected chi connectivity index (χ4v) is 5.43. The van der Waals surface area contributed by atoms with Crippen LogP contribution in [0.5, 0.6) is 0 Å². The summed E-state index contributed by atoms with van der Waals surface area (Å²) < 4.78 is 5.18. The van der Waals surface area contributed by atoms with Gasteiger partial charge in [-0.3, -0.25) is 9.69 Å². The Labute approximate surface area is 224 Å². The number of aromatic amines is 1. The Morgan fingerprint density at radius 2 is 1.86 bits per heavy atom. The first-order chi connectivity index (χ1) is 17.7. The number of urea groups is 1. The minimum absolute atomic E-state index is 0.0170. The number of esters is 1. The molecule has 0 spiro atoms. The van der Waals surface area contributed by atoms with Gasteiger partial charge >= 0.3 is 12.0 Å². The summed E-state index contributed by atoms with van der Waals surface area (Å²) in [5.41, 5.74) is 7.37. The smallest absolute Gasteiger partial charge is 0.355 e. The lowest BCUT2D eigenvalue weighted by molar-refractivity contribution is -0.111. The second kappa shape index (κ2) is 11.3. The molecule has 10 heteroatoms. The molecule has 1 fully saturated rings. The van der Waals surface area contributed by atoms with Crippen molar-refractivity contribution in [3.8, 4) is 0 Å². The van der Waals surface area contributed by atoms with Crippen molar-refractivity contribution in [1.29, 1.82) is 0 Å². The Morgan fingerprint density at radius 3 is 2.54 bits per heavy atom. The van der Waals surface area contributed by atoms with Gasteiger partial charge in [-0.05, 0) is 44.0 Å². The number of hydrogen-bond acceptors (Lipinski definition) is 4. The first-order valence-electron chi connectivity index (χ1n) is 12.1. The number of carbonyl (C=O) groups is 3. The highest BCUT2D eigenvalue weighted by Gasteiger charge is 2.29. The molecular weight excluding hydrogens is 515 g/mol. The standard InChI is InChI=1S/C27H28Cl2N4O4/c1-3-37-26(35)24-22(23-18(29)13-16(28)14-20(23)31-24)15(2)25(34)32-19-11-7-8-12-21(19)33(27(30)36)17-9-5-4-6-10-17/h7-8,11-14,17,31H,2-6,9-10H2,1H3,(H2,30,36)(H,32,34). The van der Waals surface area contributed by atoms with Crippen molar-refractivity contribution in [1.82, 2.24) is 4.98 Å². The average molecular weight is 543 g/mol. The van der Waals surface area contributed by atoms with E-state index in [0.29, 0.717) is 27.3 Å². The number of benzene rings is 2. The third-order valence-corrected chi connectivity index (χ3v) is 6.98. The van der Waals surface area contributed by atoms with Crippen LogP contribution in [-0.4, -0.2) is 35.5 Å². The molecular formula is C27H28Cl2N4O4. The third kappa shape index (κ3) is 5.45. The first kappa shape index (κ1) is 26.6.